The lowest BCUT2D eigenvalue weighted by Gasteiger charge is -2.23. The Labute approximate surface area is 241 Å². The first kappa shape index (κ1) is 26.8. The van der Waals surface area contributed by atoms with Gasteiger partial charge in [-0.25, -0.2) is 4.98 Å². The predicted molar refractivity (Wildman–Crippen MR) is 158 cm³/mol. The Hall–Kier alpha value is -4.37. The zero-order chi connectivity index (χ0) is 28.7. The first-order chi connectivity index (χ1) is 19.9. The molecule has 1 amide bonds. The van der Waals surface area contributed by atoms with E-state index in [0.717, 1.165) is 22.4 Å². The molecule has 1 fully saturated rings. The molecule has 6 rings (SSSR count). The number of carbonyl (C=O) groups excluding carboxylic acids is 2. The summed E-state index contributed by atoms with van der Waals surface area (Å²) < 4.78 is 18.0. The van der Waals surface area contributed by atoms with E-state index in [2.05, 4.69) is 0 Å². The van der Waals surface area contributed by atoms with Crippen molar-refractivity contribution >= 4 is 44.1 Å². The predicted octanol–water partition coefficient (Wildman–Crippen LogP) is 6.43. The van der Waals surface area contributed by atoms with Crippen LogP contribution in [0.4, 0.5) is 5.13 Å². The number of hydrogen-bond acceptors (Lipinski definition) is 8. The second-order valence-electron chi connectivity index (χ2n) is 10.1. The summed E-state index contributed by atoms with van der Waals surface area (Å²) in [7, 11) is 0. The SMILES string of the molecule is CCCOc1ccc([C@@H]2/C(=C(\O)c3ccc4c(c3)C[C@@H](C)O4)C(=O)C(=O)N2c2nc3ccc(OCC)cc3s2)cc1. The van der Waals surface area contributed by atoms with Crippen LogP contribution in [0, 0.1) is 0 Å². The molecule has 1 aromatic heterocycles. The molecule has 1 saturated heterocycles. The Morgan fingerprint density at radius 1 is 1.05 bits per heavy atom. The van der Waals surface area contributed by atoms with E-state index in [1.807, 2.05) is 69.3 Å². The molecule has 8 nitrogen and oxygen atoms in total. The Morgan fingerprint density at radius 3 is 2.59 bits per heavy atom. The van der Waals surface area contributed by atoms with Crippen molar-refractivity contribution in [3.05, 3.63) is 82.9 Å². The quantitative estimate of drug-likeness (QED) is 0.148. The number of benzene rings is 3. The third-order valence-electron chi connectivity index (χ3n) is 7.15. The molecule has 0 aliphatic carbocycles. The Kier molecular flexibility index (Phi) is 7.13. The van der Waals surface area contributed by atoms with Gasteiger partial charge >= 0.3 is 5.91 Å². The van der Waals surface area contributed by atoms with Crippen LogP contribution in [0.5, 0.6) is 17.2 Å². The van der Waals surface area contributed by atoms with E-state index in [1.54, 1.807) is 12.1 Å². The summed E-state index contributed by atoms with van der Waals surface area (Å²) in [5, 5.41) is 12.0. The molecule has 2 aliphatic rings. The van der Waals surface area contributed by atoms with Gasteiger partial charge < -0.3 is 19.3 Å². The Bertz CT molecular complexity index is 1680. The van der Waals surface area contributed by atoms with Gasteiger partial charge in [0.15, 0.2) is 5.13 Å². The summed E-state index contributed by atoms with van der Waals surface area (Å²) in [5.74, 6) is 0.400. The number of aliphatic hydroxyl groups is 1. The number of fused-ring (bicyclic) bond motifs is 2. The van der Waals surface area contributed by atoms with Gasteiger partial charge in [-0.1, -0.05) is 30.4 Å². The maximum atomic E-state index is 13.6. The number of thiazole rings is 1. The number of nitrogens with zero attached hydrogens (tertiary/aromatic N) is 2. The van der Waals surface area contributed by atoms with Crippen LogP contribution < -0.4 is 19.1 Å². The zero-order valence-electron chi connectivity index (χ0n) is 23.0. The molecule has 4 aromatic rings. The molecule has 0 saturated carbocycles. The van der Waals surface area contributed by atoms with Crippen molar-refractivity contribution in [2.24, 2.45) is 0 Å². The maximum Gasteiger partial charge on any atom is 0.301 e. The summed E-state index contributed by atoms with van der Waals surface area (Å²) in [4.78, 5) is 33.4. The van der Waals surface area contributed by atoms with Gasteiger partial charge in [-0.05, 0) is 79.9 Å². The molecule has 41 heavy (non-hydrogen) atoms. The molecule has 3 aromatic carbocycles. The summed E-state index contributed by atoms with van der Waals surface area (Å²) in [6, 6.07) is 17.2. The lowest BCUT2D eigenvalue weighted by atomic mass is 9.94. The Balaban J connectivity index is 1.48. The number of anilines is 1. The van der Waals surface area contributed by atoms with Crippen molar-refractivity contribution in [2.45, 2.75) is 45.8 Å². The first-order valence-corrected chi connectivity index (χ1v) is 14.6. The zero-order valence-corrected chi connectivity index (χ0v) is 23.9. The van der Waals surface area contributed by atoms with Crippen molar-refractivity contribution in [1.82, 2.24) is 4.98 Å². The average Bonchev–Trinajstić information content (AvgIpc) is 3.64. The molecule has 1 N–H and O–H groups in total. The third-order valence-corrected chi connectivity index (χ3v) is 8.17. The monoisotopic (exact) mass is 570 g/mol. The fraction of sp³-hybridized carbons (Fsp3) is 0.281. The molecule has 2 aliphatic heterocycles. The molecule has 210 valence electrons. The van der Waals surface area contributed by atoms with Crippen molar-refractivity contribution < 1.29 is 28.9 Å². The molecular weight excluding hydrogens is 540 g/mol. The fourth-order valence-electron chi connectivity index (χ4n) is 5.29. The summed E-state index contributed by atoms with van der Waals surface area (Å²) in [6.07, 6.45) is 1.60. The van der Waals surface area contributed by atoms with Crippen LogP contribution >= 0.6 is 11.3 Å². The lowest BCUT2D eigenvalue weighted by molar-refractivity contribution is -0.132. The van der Waals surface area contributed by atoms with Crippen LogP contribution in [0.1, 0.15) is 49.9 Å². The highest BCUT2D eigenvalue weighted by molar-refractivity contribution is 7.22. The summed E-state index contributed by atoms with van der Waals surface area (Å²) in [6.45, 7) is 7.03. The fourth-order valence-corrected chi connectivity index (χ4v) is 6.31. The topological polar surface area (TPSA) is 98.2 Å². The van der Waals surface area contributed by atoms with Gasteiger partial charge in [0, 0.05) is 12.0 Å². The summed E-state index contributed by atoms with van der Waals surface area (Å²) in [5.41, 5.74) is 2.75. The van der Waals surface area contributed by atoms with Crippen LogP contribution in [0.2, 0.25) is 0 Å². The Morgan fingerprint density at radius 2 is 1.83 bits per heavy atom. The highest BCUT2D eigenvalue weighted by Gasteiger charge is 2.48. The van der Waals surface area contributed by atoms with Crippen molar-refractivity contribution in [3.63, 3.8) is 0 Å². The molecule has 0 bridgehead atoms. The van der Waals surface area contributed by atoms with E-state index in [-0.39, 0.29) is 17.4 Å². The van der Waals surface area contributed by atoms with Gasteiger partial charge in [0.25, 0.3) is 5.78 Å². The van der Waals surface area contributed by atoms with Crippen molar-refractivity contribution in [1.29, 1.82) is 0 Å². The van der Waals surface area contributed by atoms with Crippen molar-refractivity contribution in [3.8, 4) is 17.2 Å². The molecule has 0 unspecified atom stereocenters. The van der Waals surface area contributed by atoms with E-state index in [9.17, 15) is 14.7 Å². The van der Waals surface area contributed by atoms with Crippen LogP contribution in [-0.2, 0) is 16.0 Å². The van der Waals surface area contributed by atoms with Crippen molar-refractivity contribution in [2.75, 3.05) is 18.1 Å². The van der Waals surface area contributed by atoms with Gasteiger partial charge in [-0.2, -0.15) is 0 Å². The number of amides is 1. The lowest BCUT2D eigenvalue weighted by Crippen LogP contribution is -2.29. The third kappa shape index (κ3) is 4.91. The van der Waals surface area contributed by atoms with Gasteiger partial charge in [-0.15, -0.1) is 0 Å². The highest BCUT2D eigenvalue weighted by Crippen LogP contribution is 2.45. The standard InChI is InChI=1S/C32H30N2O6S/c1-4-14-39-22-9-6-19(7-10-22)28-27(29(35)20-8-13-25-21(16-20)15-18(3)40-25)30(36)31(37)34(28)32-33-24-12-11-23(38-5-2)17-26(24)41-32/h6-13,16-18,28,35H,4-5,14-15H2,1-3H3/b29-27+/t18-,28-/m1/s1. The molecule has 3 heterocycles. The number of ketones is 1. The number of aliphatic hydroxyl groups excluding tert-OH is 1. The van der Waals surface area contributed by atoms with Gasteiger partial charge in [0.1, 0.15) is 29.1 Å². The largest absolute Gasteiger partial charge is 0.507 e. The van der Waals surface area contributed by atoms with E-state index in [0.29, 0.717) is 52.9 Å². The van der Waals surface area contributed by atoms with E-state index >= 15 is 0 Å². The molecular formula is C32H30N2O6S. The van der Waals surface area contributed by atoms with Gasteiger partial charge in [0.05, 0.1) is 35.0 Å². The van der Waals surface area contributed by atoms with Crippen LogP contribution in [0.25, 0.3) is 16.0 Å². The number of hydrogen-bond donors (Lipinski definition) is 1. The first-order valence-electron chi connectivity index (χ1n) is 13.7. The second kappa shape index (κ2) is 10.9. The number of carbonyl (C=O) groups is 2. The van der Waals surface area contributed by atoms with Crippen LogP contribution in [0.3, 0.4) is 0 Å². The number of rotatable bonds is 8. The number of ether oxygens (including phenoxy) is 3. The van der Waals surface area contributed by atoms with Gasteiger partial charge in [-0.3, -0.25) is 14.5 Å². The minimum atomic E-state index is -0.884. The minimum Gasteiger partial charge on any atom is -0.507 e. The average molecular weight is 571 g/mol. The number of Topliss-reactive ketones (excluding diaryl/α,β-unsaturated/α-hetero) is 1. The molecule has 9 heteroatoms. The van der Waals surface area contributed by atoms with Gasteiger partial charge in [0.2, 0.25) is 0 Å². The molecule has 0 radical (unpaired) electrons. The highest BCUT2D eigenvalue weighted by atomic mass is 32.1. The number of aromatic nitrogens is 1. The smallest absolute Gasteiger partial charge is 0.301 e. The molecule has 0 spiro atoms. The van der Waals surface area contributed by atoms with Crippen LogP contribution in [-0.4, -0.2) is 41.1 Å². The summed E-state index contributed by atoms with van der Waals surface area (Å²) >= 11 is 1.30. The molecule has 2 atom stereocenters. The van der Waals surface area contributed by atoms with E-state index in [4.69, 9.17) is 19.2 Å². The normalized spacial score (nSPS) is 19.4. The maximum absolute atomic E-state index is 13.6. The minimum absolute atomic E-state index is 0.0124. The van der Waals surface area contributed by atoms with Crippen LogP contribution in [0.15, 0.2) is 66.2 Å². The van der Waals surface area contributed by atoms with E-state index in [1.165, 1.54) is 16.2 Å². The van der Waals surface area contributed by atoms with E-state index < -0.39 is 17.7 Å². The second-order valence-corrected chi connectivity index (χ2v) is 11.1.